The Labute approximate surface area is 206 Å². The molecule has 0 saturated heterocycles. The Balaban J connectivity index is 1.56. The molecule has 0 unspecified atom stereocenters. The summed E-state index contributed by atoms with van der Waals surface area (Å²) in [6, 6.07) is 17.8. The lowest BCUT2D eigenvalue weighted by Crippen LogP contribution is -2.25. The number of nitrogens with zero attached hydrogens (tertiary/aromatic N) is 3. The summed E-state index contributed by atoms with van der Waals surface area (Å²) in [5, 5.41) is 3.53. The summed E-state index contributed by atoms with van der Waals surface area (Å²) in [4.78, 5) is 31.2. The van der Waals surface area contributed by atoms with Crippen LogP contribution in [0.1, 0.15) is 16.7 Å². The van der Waals surface area contributed by atoms with Gasteiger partial charge in [-0.15, -0.1) is 0 Å². The van der Waals surface area contributed by atoms with E-state index in [1.54, 1.807) is 30.7 Å². The monoisotopic (exact) mass is 484 g/mol. The number of hydrogen-bond donors (Lipinski definition) is 1. The van der Waals surface area contributed by atoms with E-state index in [1.807, 2.05) is 49.4 Å². The van der Waals surface area contributed by atoms with Crippen molar-refractivity contribution in [1.82, 2.24) is 14.1 Å². The molecule has 1 amide bonds. The molecule has 36 heavy (non-hydrogen) atoms. The summed E-state index contributed by atoms with van der Waals surface area (Å²) in [5.41, 5.74) is 4.15. The van der Waals surface area contributed by atoms with Crippen LogP contribution in [0, 0.1) is 19.7 Å². The van der Waals surface area contributed by atoms with Gasteiger partial charge in [-0.25, -0.2) is 9.37 Å². The number of amides is 1. The summed E-state index contributed by atoms with van der Waals surface area (Å²) in [5.74, 6) is -0.0389. The van der Waals surface area contributed by atoms with Gasteiger partial charge in [-0.2, -0.15) is 0 Å². The van der Waals surface area contributed by atoms with Crippen LogP contribution in [0.15, 0.2) is 71.8 Å². The van der Waals surface area contributed by atoms with Gasteiger partial charge >= 0.3 is 0 Å². The van der Waals surface area contributed by atoms with Crippen molar-refractivity contribution in [2.45, 2.75) is 26.9 Å². The SMILES string of the molecule is COc1ccc(Cn2cnc3c4cc(C)ccc4n(CC(=O)Nc4ccc(C)c(F)c4)c3c2=O)cc1. The van der Waals surface area contributed by atoms with Crippen LogP contribution in [-0.2, 0) is 17.9 Å². The van der Waals surface area contributed by atoms with Gasteiger partial charge < -0.3 is 14.6 Å². The molecule has 0 aliphatic heterocycles. The number of benzene rings is 3. The zero-order valence-electron chi connectivity index (χ0n) is 20.2. The van der Waals surface area contributed by atoms with Crippen molar-refractivity contribution < 1.29 is 13.9 Å². The average Bonchev–Trinajstić information content (AvgIpc) is 3.16. The van der Waals surface area contributed by atoms with Crippen LogP contribution in [0.25, 0.3) is 21.9 Å². The Morgan fingerprint density at radius 2 is 1.83 bits per heavy atom. The number of aryl methyl sites for hydroxylation is 2. The van der Waals surface area contributed by atoms with E-state index >= 15 is 0 Å². The molecule has 5 rings (SSSR count). The number of anilines is 1. The summed E-state index contributed by atoms with van der Waals surface area (Å²) < 4.78 is 22.4. The van der Waals surface area contributed by atoms with E-state index in [9.17, 15) is 14.0 Å². The minimum Gasteiger partial charge on any atom is -0.497 e. The van der Waals surface area contributed by atoms with Crippen molar-refractivity contribution in [1.29, 1.82) is 0 Å². The van der Waals surface area contributed by atoms with Crippen molar-refractivity contribution in [3.8, 4) is 5.75 Å². The first-order valence-corrected chi connectivity index (χ1v) is 11.5. The Morgan fingerprint density at radius 1 is 1.06 bits per heavy atom. The predicted molar refractivity (Wildman–Crippen MR) is 138 cm³/mol. The third kappa shape index (κ3) is 4.33. The van der Waals surface area contributed by atoms with Crippen LogP contribution < -0.4 is 15.6 Å². The Kier molecular flexibility index (Phi) is 6.01. The smallest absolute Gasteiger partial charge is 0.278 e. The topological polar surface area (TPSA) is 78.2 Å². The van der Waals surface area contributed by atoms with Crippen LogP contribution in [-0.4, -0.2) is 27.1 Å². The summed E-state index contributed by atoms with van der Waals surface area (Å²) >= 11 is 0. The standard InChI is InChI=1S/C28H25FN4O3/c1-17-4-11-24-22(12-17)26-27(33(24)15-25(34)31-20-8-5-18(2)23(29)13-20)28(35)32(16-30-26)14-19-6-9-21(36-3)10-7-19/h4-13,16H,14-15H2,1-3H3,(H,31,34). The number of aromatic nitrogens is 3. The fraction of sp³-hybridized carbons (Fsp3) is 0.179. The van der Waals surface area contributed by atoms with Gasteiger partial charge in [0.05, 0.1) is 25.5 Å². The Hall–Kier alpha value is -4.46. The van der Waals surface area contributed by atoms with Crippen LogP contribution in [0.3, 0.4) is 0 Å². The third-order valence-corrected chi connectivity index (χ3v) is 6.25. The van der Waals surface area contributed by atoms with Gasteiger partial charge in [0.15, 0.2) is 0 Å². The minimum atomic E-state index is -0.397. The first-order chi connectivity index (χ1) is 17.3. The zero-order chi connectivity index (χ0) is 25.4. The maximum Gasteiger partial charge on any atom is 0.278 e. The molecule has 0 saturated carbocycles. The van der Waals surface area contributed by atoms with Crippen molar-refractivity contribution in [3.05, 3.63) is 99.9 Å². The number of carbonyl (C=O) groups is 1. The van der Waals surface area contributed by atoms with Gasteiger partial charge in [0.25, 0.3) is 5.56 Å². The molecule has 0 aliphatic carbocycles. The number of halogens is 1. The van der Waals surface area contributed by atoms with E-state index in [4.69, 9.17) is 4.74 Å². The molecule has 2 heterocycles. The molecule has 0 bridgehead atoms. The van der Waals surface area contributed by atoms with E-state index < -0.39 is 5.82 Å². The summed E-state index contributed by atoms with van der Waals surface area (Å²) in [7, 11) is 1.60. The van der Waals surface area contributed by atoms with E-state index in [-0.39, 0.29) is 18.0 Å². The number of ether oxygens (including phenoxy) is 1. The molecule has 1 N–H and O–H groups in total. The maximum atomic E-state index is 14.0. The van der Waals surface area contributed by atoms with Crippen LogP contribution in [0.2, 0.25) is 0 Å². The highest BCUT2D eigenvalue weighted by molar-refractivity contribution is 6.06. The zero-order valence-corrected chi connectivity index (χ0v) is 20.2. The van der Waals surface area contributed by atoms with Gasteiger partial charge in [-0.1, -0.05) is 29.8 Å². The molecule has 0 spiro atoms. The van der Waals surface area contributed by atoms with Gasteiger partial charge in [0, 0.05) is 11.1 Å². The van der Waals surface area contributed by atoms with Crippen molar-refractivity contribution in [2.24, 2.45) is 0 Å². The molecule has 3 aromatic carbocycles. The minimum absolute atomic E-state index is 0.123. The van der Waals surface area contributed by atoms with Gasteiger partial charge in [-0.3, -0.25) is 14.2 Å². The lowest BCUT2D eigenvalue weighted by atomic mass is 10.1. The molecule has 0 radical (unpaired) electrons. The molecular weight excluding hydrogens is 459 g/mol. The molecule has 0 fully saturated rings. The quantitative estimate of drug-likeness (QED) is 0.376. The van der Waals surface area contributed by atoms with E-state index in [1.165, 1.54) is 17.0 Å². The molecular formula is C28H25FN4O3. The van der Waals surface area contributed by atoms with Crippen molar-refractivity contribution in [3.63, 3.8) is 0 Å². The van der Waals surface area contributed by atoms with Crippen LogP contribution in [0.5, 0.6) is 5.75 Å². The first-order valence-electron chi connectivity index (χ1n) is 11.5. The average molecular weight is 485 g/mol. The first kappa shape index (κ1) is 23.3. The largest absolute Gasteiger partial charge is 0.497 e. The number of fused-ring (bicyclic) bond motifs is 3. The second-order valence-corrected chi connectivity index (χ2v) is 8.84. The highest BCUT2D eigenvalue weighted by atomic mass is 19.1. The summed E-state index contributed by atoms with van der Waals surface area (Å²) in [6.07, 6.45) is 1.54. The molecule has 182 valence electrons. The van der Waals surface area contributed by atoms with Gasteiger partial charge in [0.1, 0.15) is 29.1 Å². The highest BCUT2D eigenvalue weighted by Gasteiger charge is 2.19. The van der Waals surface area contributed by atoms with E-state index in [0.29, 0.717) is 28.8 Å². The maximum absolute atomic E-state index is 14.0. The number of hydrogen-bond acceptors (Lipinski definition) is 4. The molecule has 5 aromatic rings. The number of nitrogens with one attached hydrogen (secondary N) is 1. The fourth-order valence-corrected chi connectivity index (χ4v) is 4.33. The normalized spacial score (nSPS) is 11.2. The number of methoxy groups -OCH3 is 1. The second-order valence-electron chi connectivity index (χ2n) is 8.84. The highest BCUT2D eigenvalue weighted by Crippen LogP contribution is 2.27. The molecule has 2 aromatic heterocycles. The summed E-state index contributed by atoms with van der Waals surface area (Å²) in [6.45, 7) is 3.82. The van der Waals surface area contributed by atoms with Crippen molar-refractivity contribution in [2.75, 3.05) is 12.4 Å². The van der Waals surface area contributed by atoms with Gasteiger partial charge in [0.2, 0.25) is 5.91 Å². The van der Waals surface area contributed by atoms with Gasteiger partial charge in [-0.05, 0) is 61.4 Å². The molecule has 0 atom stereocenters. The lowest BCUT2D eigenvalue weighted by Gasteiger charge is -2.11. The number of carbonyl (C=O) groups excluding carboxylic acids is 1. The number of rotatable bonds is 6. The van der Waals surface area contributed by atoms with E-state index in [2.05, 4.69) is 10.3 Å². The van der Waals surface area contributed by atoms with E-state index in [0.717, 1.165) is 27.8 Å². The predicted octanol–water partition coefficient (Wildman–Crippen LogP) is 4.80. The Bertz CT molecular complexity index is 1670. The third-order valence-electron chi connectivity index (χ3n) is 6.25. The molecule has 8 heteroatoms. The molecule has 7 nitrogen and oxygen atoms in total. The van der Waals surface area contributed by atoms with Crippen LogP contribution >= 0.6 is 0 Å². The fourth-order valence-electron chi connectivity index (χ4n) is 4.33. The van der Waals surface area contributed by atoms with Crippen molar-refractivity contribution >= 4 is 33.5 Å². The van der Waals surface area contributed by atoms with Crippen LogP contribution in [0.4, 0.5) is 10.1 Å². The Morgan fingerprint density at radius 3 is 2.56 bits per heavy atom. The lowest BCUT2D eigenvalue weighted by molar-refractivity contribution is -0.116. The molecule has 0 aliphatic rings. The second kappa shape index (κ2) is 9.30.